The van der Waals surface area contributed by atoms with Crippen molar-refractivity contribution in [1.82, 2.24) is 0 Å². The second-order valence-corrected chi connectivity index (χ2v) is 2.00. The standard InChI is InChI=1S/C5H11NS/c1-4(2)5(6)3-7/h7H,3,6H2,1-2H3. The first-order valence-electron chi connectivity index (χ1n) is 2.21. The van der Waals surface area contributed by atoms with E-state index in [4.69, 9.17) is 5.73 Å². The number of nitrogens with two attached hydrogens (primary N) is 1. The number of allylic oxidation sites excluding steroid dienone is 1. The van der Waals surface area contributed by atoms with Gasteiger partial charge in [0.15, 0.2) is 0 Å². The second kappa shape index (κ2) is 2.97. The summed E-state index contributed by atoms with van der Waals surface area (Å²) in [6.07, 6.45) is 0. The zero-order valence-corrected chi connectivity index (χ0v) is 5.63. The molecule has 0 fully saturated rings. The van der Waals surface area contributed by atoms with Crippen LogP contribution in [0.1, 0.15) is 13.8 Å². The van der Waals surface area contributed by atoms with Crippen LogP contribution >= 0.6 is 12.6 Å². The lowest BCUT2D eigenvalue weighted by Crippen LogP contribution is -1.99. The molecule has 0 aromatic carbocycles. The Bertz CT molecular complexity index is 82.1. The summed E-state index contributed by atoms with van der Waals surface area (Å²) in [6, 6.07) is 0. The normalized spacial score (nSPS) is 8.43. The highest BCUT2D eigenvalue weighted by Gasteiger charge is 1.84. The minimum atomic E-state index is 0.669. The van der Waals surface area contributed by atoms with Crippen LogP contribution in [0.2, 0.25) is 0 Å². The van der Waals surface area contributed by atoms with E-state index in [0.29, 0.717) is 5.75 Å². The van der Waals surface area contributed by atoms with Crippen molar-refractivity contribution in [2.24, 2.45) is 5.73 Å². The zero-order valence-electron chi connectivity index (χ0n) is 4.73. The maximum atomic E-state index is 5.42. The van der Waals surface area contributed by atoms with Crippen LogP contribution in [0.15, 0.2) is 11.3 Å². The van der Waals surface area contributed by atoms with E-state index in [2.05, 4.69) is 12.6 Å². The number of hydrogen-bond acceptors (Lipinski definition) is 2. The molecule has 0 aliphatic carbocycles. The first kappa shape index (κ1) is 6.89. The maximum absolute atomic E-state index is 5.42. The van der Waals surface area contributed by atoms with Gasteiger partial charge in [0.25, 0.3) is 0 Å². The summed E-state index contributed by atoms with van der Waals surface area (Å²) in [5.74, 6) is 0.669. The molecule has 2 heteroatoms. The lowest BCUT2D eigenvalue weighted by Gasteiger charge is -1.94. The summed E-state index contributed by atoms with van der Waals surface area (Å²) in [5.41, 5.74) is 7.46. The van der Waals surface area contributed by atoms with Crippen LogP contribution in [0.5, 0.6) is 0 Å². The summed E-state index contributed by atoms with van der Waals surface area (Å²) in [7, 11) is 0. The highest BCUT2D eigenvalue weighted by molar-refractivity contribution is 7.80. The fourth-order valence-corrected chi connectivity index (χ4v) is 0.474. The molecule has 0 rings (SSSR count). The van der Waals surface area contributed by atoms with Crippen molar-refractivity contribution in [3.63, 3.8) is 0 Å². The van der Waals surface area contributed by atoms with Gasteiger partial charge in [-0.05, 0) is 13.8 Å². The van der Waals surface area contributed by atoms with Crippen LogP contribution in [-0.2, 0) is 0 Å². The van der Waals surface area contributed by atoms with Crippen molar-refractivity contribution in [2.45, 2.75) is 13.8 Å². The van der Waals surface area contributed by atoms with Gasteiger partial charge in [-0.3, -0.25) is 0 Å². The third kappa shape index (κ3) is 2.57. The highest BCUT2D eigenvalue weighted by Crippen LogP contribution is 1.95. The molecule has 0 saturated heterocycles. The quantitative estimate of drug-likeness (QED) is 0.495. The van der Waals surface area contributed by atoms with E-state index in [1.807, 2.05) is 13.8 Å². The average Bonchev–Trinajstić information content (AvgIpc) is 1.65. The summed E-state index contributed by atoms with van der Waals surface area (Å²) in [5, 5.41) is 0. The molecular weight excluding hydrogens is 106 g/mol. The molecule has 2 N–H and O–H groups in total. The van der Waals surface area contributed by atoms with Crippen LogP contribution in [0.3, 0.4) is 0 Å². The third-order valence-corrected chi connectivity index (χ3v) is 1.15. The van der Waals surface area contributed by atoms with E-state index in [1.54, 1.807) is 0 Å². The van der Waals surface area contributed by atoms with Gasteiger partial charge in [-0.2, -0.15) is 12.6 Å². The van der Waals surface area contributed by atoms with Crippen molar-refractivity contribution >= 4 is 12.6 Å². The van der Waals surface area contributed by atoms with Gasteiger partial charge in [-0.25, -0.2) is 0 Å². The minimum absolute atomic E-state index is 0.669. The second-order valence-electron chi connectivity index (χ2n) is 1.68. The average molecular weight is 117 g/mol. The molecule has 0 radical (unpaired) electrons. The van der Waals surface area contributed by atoms with Crippen LogP contribution < -0.4 is 5.73 Å². The largest absolute Gasteiger partial charge is 0.401 e. The van der Waals surface area contributed by atoms with Gasteiger partial charge >= 0.3 is 0 Å². The van der Waals surface area contributed by atoms with Gasteiger partial charge in [0, 0.05) is 11.4 Å². The van der Waals surface area contributed by atoms with Crippen molar-refractivity contribution in [1.29, 1.82) is 0 Å². The lowest BCUT2D eigenvalue weighted by molar-refractivity contribution is 1.20. The van der Waals surface area contributed by atoms with E-state index in [1.165, 1.54) is 0 Å². The predicted octanol–water partition coefficient (Wildman–Crippen LogP) is 1.17. The molecule has 0 unspecified atom stereocenters. The zero-order chi connectivity index (χ0) is 5.86. The molecule has 0 heterocycles. The van der Waals surface area contributed by atoms with E-state index >= 15 is 0 Å². The van der Waals surface area contributed by atoms with Gasteiger partial charge in [0.05, 0.1) is 0 Å². The topological polar surface area (TPSA) is 26.0 Å². The van der Waals surface area contributed by atoms with Crippen LogP contribution in [0.4, 0.5) is 0 Å². The molecule has 0 bridgehead atoms. The maximum Gasteiger partial charge on any atom is 0.0299 e. The molecule has 0 saturated carbocycles. The Balaban J connectivity index is 3.72. The minimum Gasteiger partial charge on any atom is -0.401 e. The molecule has 0 amide bonds. The monoisotopic (exact) mass is 117 g/mol. The van der Waals surface area contributed by atoms with E-state index < -0.39 is 0 Å². The smallest absolute Gasteiger partial charge is 0.0299 e. The Morgan fingerprint density at radius 3 is 2.00 bits per heavy atom. The van der Waals surface area contributed by atoms with E-state index in [-0.39, 0.29) is 0 Å². The number of rotatable bonds is 1. The molecular formula is C5H11NS. The number of thiol groups is 1. The SMILES string of the molecule is CC(C)=C(N)CS. The Morgan fingerprint density at radius 1 is 1.57 bits per heavy atom. The summed E-state index contributed by atoms with van der Waals surface area (Å²) < 4.78 is 0. The van der Waals surface area contributed by atoms with Gasteiger partial charge in [0.2, 0.25) is 0 Å². The fraction of sp³-hybridized carbons (Fsp3) is 0.600. The van der Waals surface area contributed by atoms with Gasteiger partial charge in [0.1, 0.15) is 0 Å². The Kier molecular flexibility index (Phi) is 2.92. The van der Waals surface area contributed by atoms with Gasteiger partial charge in [-0.1, -0.05) is 5.57 Å². The van der Waals surface area contributed by atoms with Crippen LogP contribution in [0, 0.1) is 0 Å². The highest BCUT2D eigenvalue weighted by atomic mass is 32.1. The van der Waals surface area contributed by atoms with Crippen molar-refractivity contribution in [3.8, 4) is 0 Å². The van der Waals surface area contributed by atoms with Crippen molar-refractivity contribution in [2.75, 3.05) is 5.75 Å². The van der Waals surface area contributed by atoms with Gasteiger partial charge in [-0.15, -0.1) is 0 Å². The molecule has 1 nitrogen and oxygen atoms in total. The molecule has 0 aromatic rings. The predicted molar refractivity (Wildman–Crippen MR) is 36.4 cm³/mol. The number of hydrogen-bond donors (Lipinski definition) is 2. The molecule has 0 aromatic heterocycles. The fourth-order valence-electron chi connectivity index (χ4n) is 0.158. The molecule has 42 valence electrons. The van der Waals surface area contributed by atoms with Gasteiger partial charge < -0.3 is 5.73 Å². The van der Waals surface area contributed by atoms with Crippen molar-refractivity contribution < 1.29 is 0 Å². The van der Waals surface area contributed by atoms with E-state index in [0.717, 1.165) is 11.3 Å². The Hall–Kier alpha value is -0.110. The van der Waals surface area contributed by atoms with E-state index in [9.17, 15) is 0 Å². The lowest BCUT2D eigenvalue weighted by atomic mass is 10.3. The molecule has 7 heavy (non-hydrogen) atoms. The molecule has 0 spiro atoms. The summed E-state index contributed by atoms with van der Waals surface area (Å²) >= 11 is 3.97. The third-order valence-electron chi connectivity index (χ3n) is 0.813. The Labute approximate surface area is 50.0 Å². The molecule has 0 aliphatic heterocycles. The molecule has 0 aliphatic rings. The van der Waals surface area contributed by atoms with Crippen LogP contribution in [-0.4, -0.2) is 5.75 Å². The molecule has 0 atom stereocenters. The van der Waals surface area contributed by atoms with Crippen molar-refractivity contribution in [3.05, 3.63) is 11.3 Å². The summed E-state index contributed by atoms with van der Waals surface area (Å²) in [4.78, 5) is 0. The summed E-state index contributed by atoms with van der Waals surface area (Å²) in [6.45, 7) is 3.96. The Morgan fingerprint density at radius 2 is 2.00 bits per heavy atom. The van der Waals surface area contributed by atoms with Crippen LogP contribution in [0.25, 0.3) is 0 Å². The first-order chi connectivity index (χ1) is 3.18. The first-order valence-corrected chi connectivity index (χ1v) is 2.84.